The highest BCUT2D eigenvalue weighted by molar-refractivity contribution is 5.98. The molecule has 3 rings (SSSR count). The Bertz CT molecular complexity index is 626. The largest absolute Gasteiger partial charge is 0.394 e. The predicted octanol–water partition coefficient (Wildman–Crippen LogP) is 2.17. The van der Waals surface area contributed by atoms with Gasteiger partial charge in [0.05, 0.1) is 12.1 Å². The number of anilines is 1. The molecule has 5 nitrogen and oxygen atoms in total. The topological polar surface area (TPSA) is 78.4 Å². The van der Waals surface area contributed by atoms with E-state index in [1.54, 1.807) is 24.3 Å². The second-order valence-corrected chi connectivity index (χ2v) is 7.19. The molecule has 2 fully saturated rings. The summed E-state index contributed by atoms with van der Waals surface area (Å²) >= 11 is 0. The van der Waals surface area contributed by atoms with E-state index in [0.717, 1.165) is 19.3 Å². The average Bonchev–Trinajstić information content (AvgIpc) is 3.42. The summed E-state index contributed by atoms with van der Waals surface area (Å²) in [5.74, 6) is 0.693. The molecule has 1 aromatic rings. The van der Waals surface area contributed by atoms with E-state index in [9.17, 15) is 14.7 Å². The van der Waals surface area contributed by atoms with Gasteiger partial charge in [0.2, 0.25) is 5.91 Å². The van der Waals surface area contributed by atoms with Gasteiger partial charge >= 0.3 is 0 Å². The van der Waals surface area contributed by atoms with Gasteiger partial charge in [0.15, 0.2) is 0 Å². The summed E-state index contributed by atoms with van der Waals surface area (Å²) in [4.78, 5) is 24.4. The highest BCUT2D eigenvalue weighted by Crippen LogP contribution is 2.40. The third-order valence-electron chi connectivity index (χ3n) is 5.04. The van der Waals surface area contributed by atoms with Crippen LogP contribution in [0.5, 0.6) is 0 Å². The molecule has 2 aliphatic rings. The molecule has 0 aliphatic heterocycles. The smallest absolute Gasteiger partial charge is 0.251 e. The minimum Gasteiger partial charge on any atom is -0.394 e. The molecule has 3 N–H and O–H groups in total. The first kappa shape index (κ1) is 16.0. The molecule has 0 bridgehead atoms. The molecule has 3 unspecified atom stereocenters. The van der Waals surface area contributed by atoms with Crippen LogP contribution in [0, 0.1) is 17.8 Å². The van der Waals surface area contributed by atoms with Gasteiger partial charge in [-0.15, -0.1) is 0 Å². The van der Waals surface area contributed by atoms with Crippen molar-refractivity contribution in [1.82, 2.24) is 5.32 Å². The van der Waals surface area contributed by atoms with Crippen LogP contribution in [0.3, 0.4) is 0 Å². The minimum absolute atomic E-state index is 0.0215. The predicted molar refractivity (Wildman–Crippen MR) is 88.0 cm³/mol. The number of carbonyl (C=O) groups excluding carboxylic acids is 2. The van der Waals surface area contributed by atoms with Crippen LogP contribution in [0.15, 0.2) is 24.3 Å². The van der Waals surface area contributed by atoms with E-state index in [2.05, 4.69) is 17.6 Å². The van der Waals surface area contributed by atoms with Crippen molar-refractivity contribution in [3.63, 3.8) is 0 Å². The number of hydrogen-bond acceptors (Lipinski definition) is 3. The van der Waals surface area contributed by atoms with Crippen LogP contribution >= 0.6 is 0 Å². The molecule has 0 aromatic heterocycles. The summed E-state index contributed by atoms with van der Waals surface area (Å²) in [5, 5.41) is 15.4. The van der Waals surface area contributed by atoms with Crippen molar-refractivity contribution in [2.24, 2.45) is 17.8 Å². The summed E-state index contributed by atoms with van der Waals surface area (Å²) in [6.07, 6.45) is 3.00. The molecule has 1 aromatic carbocycles. The molecule has 0 heterocycles. The summed E-state index contributed by atoms with van der Waals surface area (Å²) in [6, 6.07) is 6.95. The van der Waals surface area contributed by atoms with Crippen molar-refractivity contribution in [2.45, 2.75) is 38.6 Å². The lowest BCUT2D eigenvalue weighted by Crippen LogP contribution is -2.50. The van der Waals surface area contributed by atoms with E-state index in [4.69, 9.17) is 0 Å². The Hall–Kier alpha value is -1.88. The number of rotatable bonds is 6. The van der Waals surface area contributed by atoms with Crippen LogP contribution in [-0.2, 0) is 4.79 Å². The molecule has 5 heteroatoms. The first-order valence-electron chi connectivity index (χ1n) is 8.27. The van der Waals surface area contributed by atoms with E-state index >= 15 is 0 Å². The number of nitrogens with one attached hydrogen (secondary N) is 2. The van der Waals surface area contributed by atoms with Gasteiger partial charge in [0, 0.05) is 17.2 Å². The second kappa shape index (κ2) is 5.96. The van der Waals surface area contributed by atoms with Crippen molar-refractivity contribution in [3.8, 4) is 0 Å². The Morgan fingerprint density at radius 1 is 1.35 bits per heavy atom. The molecular weight excluding hydrogens is 292 g/mol. The van der Waals surface area contributed by atoms with Crippen LogP contribution in [0.4, 0.5) is 5.69 Å². The van der Waals surface area contributed by atoms with Crippen LogP contribution in [0.1, 0.15) is 43.5 Å². The average molecular weight is 316 g/mol. The van der Waals surface area contributed by atoms with Crippen molar-refractivity contribution >= 4 is 17.5 Å². The van der Waals surface area contributed by atoms with E-state index in [1.165, 1.54) is 0 Å². The minimum atomic E-state index is -0.570. The Labute approximate surface area is 136 Å². The maximum Gasteiger partial charge on any atom is 0.251 e. The van der Waals surface area contributed by atoms with Crippen LogP contribution < -0.4 is 10.6 Å². The van der Waals surface area contributed by atoms with Crippen LogP contribution in [0.2, 0.25) is 0 Å². The van der Waals surface area contributed by atoms with Gasteiger partial charge < -0.3 is 15.7 Å². The monoisotopic (exact) mass is 316 g/mol. The van der Waals surface area contributed by atoms with Crippen molar-refractivity contribution < 1.29 is 14.7 Å². The fourth-order valence-corrected chi connectivity index (χ4v) is 2.98. The lowest BCUT2D eigenvalue weighted by Gasteiger charge is -2.28. The zero-order valence-corrected chi connectivity index (χ0v) is 13.6. The highest BCUT2D eigenvalue weighted by atomic mass is 16.3. The molecule has 124 valence electrons. The zero-order chi connectivity index (χ0) is 16.6. The van der Waals surface area contributed by atoms with Gasteiger partial charge in [-0.25, -0.2) is 0 Å². The molecular formula is C18H24N2O3. The standard InChI is InChI=1S/C18H24N2O3/c1-11-8-15(11)17(23)19-14-5-3-4-12(9-14)16(22)20-18(2,10-21)13-6-7-13/h3-5,9,11,13,15,21H,6-8,10H2,1-2H3,(H,19,23)(H,20,22). The quantitative estimate of drug-likeness (QED) is 0.752. The summed E-state index contributed by atoms with van der Waals surface area (Å²) in [7, 11) is 0. The number of benzene rings is 1. The summed E-state index contributed by atoms with van der Waals surface area (Å²) in [6.45, 7) is 3.86. The molecule has 0 radical (unpaired) electrons. The Kier molecular flexibility index (Phi) is 4.15. The first-order valence-corrected chi connectivity index (χ1v) is 8.27. The fourth-order valence-electron chi connectivity index (χ4n) is 2.98. The molecule has 23 heavy (non-hydrogen) atoms. The zero-order valence-electron chi connectivity index (χ0n) is 13.6. The van der Waals surface area contributed by atoms with Crippen LogP contribution in [0.25, 0.3) is 0 Å². The van der Waals surface area contributed by atoms with E-state index in [0.29, 0.717) is 23.1 Å². The molecule has 2 saturated carbocycles. The maximum atomic E-state index is 12.5. The van der Waals surface area contributed by atoms with E-state index in [1.807, 2.05) is 6.92 Å². The van der Waals surface area contributed by atoms with Gasteiger partial charge in [0.1, 0.15) is 0 Å². The third-order valence-corrected chi connectivity index (χ3v) is 5.04. The number of carbonyl (C=O) groups is 2. The van der Waals surface area contributed by atoms with Crippen molar-refractivity contribution in [3.05, 3.63) is 29.8 Å². The third kappa shape index (κ3) is 3.55. The van der Waals surface area contributed by atoms with Crippen molar-refractivity contribution in [2.75, 3.05) is 11.9 Å². The van der Waals surface area contributed by atoms with Gasteiger partial charge in [-0.1, -0.05) is 13.0 Å². The SMILES string of the molecule is CC1CC1C(=O)Nc1cccc(C(=O)NC(C)(CO)C2CC2)c1. The van der Waals surface area contributed by atoms with Crippen LogP contribution in [-0.4, -0.2) is 29.1 Å². The lowest BCUT2D eigenvalue weighted by molar-refractivity contribution is -0.117. The van der Waals surface area contributed by atoms with Gasteiger partial charge in [-0.05, 0) is 56.2 Å². The molecule has 3 atom stereocenters. The van der Waals surface area contributed by atoms with Crippen molar-refractivity contribution in [1.29, 1.82) is 0 Å². The Morgan fingerprint density at radius 2 is 2.04 bits per heavy atom. The Morgan fingerprint density at radius 3 is 2.61 bits per heavy atom. The number of hydrogen-bond donors (Lipinski definition) is 3. The molecule has 2 aliphatic carbocycles. The van der Waals surface area contributed by atoms with E-state index in [-0.39, 0.29) is 24.3 Å². The van der Waals surface area contributed by atoms with Gasteiger partial charge in [-0.3, -0.25) is 9.59 Å². The normalized spacial score (nSPS) is 25.3. The fraction of sp³-hybridized carbons (Fsp3) is 0.556. The highest BCUT2D eigenvalue weighted by Gasteiger charge is 2.42. The Balaban J connectivity index is 1.66. The first-order chi connectivity index (χ1) is 10.9. The maximum absolute atomic E-state index is 12.5. The molecule has 0 saturated heterocycles. The number of aliphatic hydroxyl groups is 1. The summed E-state index contributed by atoms with van der Waals surface area (Å²) < 4.78 is 0. The van der Waals surface area contributed by atoms with E-state index < -0.39 is 5.54 Å². The molecule has 2 amide bonds. The van der Waals surface area contributed by atoms with Gasteiger partial charge in [0.25, 0.3) is 5.91 Å². The summed E-state index contributed by atoms with van der Waals surface area (Å²) in [5.41, 5.74) is 0.561. The van der Waals surface area contributed by atoms with Gasteiger partial charge in [-0.2, -0.15) is 0 Å². The molecule has 0 spiro atoms. The second-order valence-electron chi connectivity index (χ2n) is 7.19. The number of aliphatic hydroxyl groups excluding tert-OH is 1. The lowest BCUT2D eigenvalue weighted by atomic mass is 9.96. The number of amides is 2.